The summed E-state index contributed by atoms with van der Waals surface area (Å²) in [4.78, 5) is 25.5. The van der Waals surface area contributed by atoms with E-state index in [2.05, 4.69) is 39.5 Å². The van der Waals surface area contributed by atoms with Crippen molar-refractivity contribution in [1.82, 2.24) is 9.97 Å². The number of benzene rings is 1. The van der Waals surface area contributed by atoms with Crippen LogP contribution >= 0.6 is 11.3 Å². The number of thiazole rings is 1. The van der Waals surface area contributed by atoms with Crippen LogP contribution in [0.15, 0.2) is 41.9 Å². The Morgan fingerprint density at radius 3 is 2.64 bits per heavy atom. The fraction of sp³-hybridized carbons (Fsp3) is 0.318. The summed E-state index contributed by atoms with van der Waals surface area (Å²) in [5.41, 5.74) is 5.36. The van der Waals surface area contributed by atoms with Crippen LogP contribution in [-0.4, -0.2) is 36.0 Å². The van der Waals surface area contributed by atoms with E-state index in [0.717, 1.165) is 52.8 Å². The zero-order valence-corrected chi connectivity index (χ0v) is 16.7. The molecule has 0 N–H and O–H groups in total. The molecule has 2 aliphatic rings. The number of hydrogen-bond donors (Lipinski definition) is 0. The number of pyridine rings is 1. The lowest BCUT2D eigenvalue weighted by Crippen LogP contribution is -2.30. The molecule has 28 heavy (non-hydrogen) atoms. The number of carbonyl (C=O) groups excluding carboxylic acids is 1. The summed E-state index contributed by atoms with van der Waals surface area (Å²) in [7, 11) is 1.85. The van der Waals surface area contributed by atoms with Crippen LogP contribution in [0.25, 0.3) is 21.8 Å². The van der Waals surface area contributed by atoms with Crippen molar-refractivity contribution in [3.8, 4) is 21.8 Å². The molecule has 6 heteroatoms. The smallest absolute Gasteiger partial charge is 0.227 e. The van der Waals surface area contributed by atoms with Gasteiger partial charge in [-0.15, -0.1) is 11.3 Å². The highest BCUT2D eigenvalue weighted by atomic mass is 32.1. The topological polar surface area (TPSA) is 49.3 Å². The van der Waals surface area contributed by atoms with Gasteiger partial charge >= 0.3 is 0 Å². The van der Waals surface area contributed by atoms with E-state index < -0.39 is 0 Å². The minimum Gasteiger partial charge on any atom is -0.357 e. The number of fused-ring (bicyclic) bond motifs is 1. The maximum Gasteiger partial charge on any atom is 0.227 e. The molecule has 5 rings (SSSR count). The monoisotopic (exact) mass is 390 g/mol. The summed E-state index contributed by atoms with van der Waals surface area (Å²) in [6, 6.07) is 10.5. The predicted octanol–water partition coefficient (Wildman–Crippen LogP) is 4.38. The minimum atomic E-state index is 0.182. The van der Waals surface area contributed by atoms with Crippen molar-refractivity contribution in [1.29, 1.82) is 0 Å². The molecule has 3 aromatic rings. The van der Waals surface area contributed by atoms with Crippen molar-refractivity contribution in [3.63, 3.8) is 0 Å². The number of aryl methyl sites for hydroxylation is 1. The maximum absolute atomic E-state index is 11.9. The Morgan fingerprint density at radius 2 is 1.86 bits per heavy atom. The number of nitrogens with zero attached hydrogens (tertiary/aromatic N) is 4. The average Bonchev–Trinajstić information content (AvgIpc) is 3.43. The summed E-state index contributed by atoms with van der Waals surface area (Å²) in [5, 5.41) is 3.09. The molecular formula is C22H22N4OS. The van der Waals surface area contributed by atoms with Gasteiger partial charge in [0.2, 0.25) is 5.91 Å². The lowest BCUT2D eigenvalue weighted by atomic mass is 9.98. The van der Waals surface area contributed by atoms with E-state index in [1.807, 2.05) is 19.3 Å². The molecule has 1 amide bonds. The van der Waals surface area contributed by atoms with Gasteiger partial charge in [0.05, 0.1) is 5.69 Å². The van der Waals surface area contributed by atoms with Crippen LogP contribution in [0, 0.1) is 0 Å². The van der Waals surface area contributed by atoms with E-state index in [0.29, 0.717) is 6.42 Å². The fourth-order valence-electron chi connectivity index (χ4n) is 4.00. The van der Waals surface area contributed by atoms with Crippen LogP contribution in [-0.2, 0) is 11.2 Å². The molecule has 142 valence electrons. The van der Waals surface area contributed by atoms with Crippen molar-refractivity contribution < 1.29 is 4.79 Å². The molecule has 4 heterocycles. The van der Waals surface area contributed by atoms with E-state index in [1.165, 1.54) is 18.4 Å². The van der Waals surface area contributed by atoms with Crippen molar-refractivity contribution in [3.05, 3.63) is 47.5 Å². The normalized spacial score (nSPS) is 16.5. The molecule has 0 aliphatic carbocycles. The van der Waals surface area contributed by atoms with E-state index in [4.69, 9.17) is 4.98 Å². The van der Waals surface area contributed by atoms with Gasteiger partial charge in [-0.05, 0) is 49.1 Å². The summed E-state index contributed by atoms with van der Waals surface area (Å²) in [6.07, 6.45) is 5.81. The Labute approximate surface area is 168 Å². The van der Waals surface area contributed by atoms with Gasteiger partial charge in [0, 0.05) is 54.9 Å². The molecule has 0 saturated carbocycles. The van der Waals surface area contributed by atoms with Crippen molar-refractivity contribution in [2.75, 3.05) is 29.9 Å². The van der Waals surface area contributed by atoms with Crippen LogP contribution < -0.4 is 9.80 Å². The summed E-state index contributed by atoms with van der Waals surface area (Å²) in [6.45, 7) is 2.21. The lowest BCUT2D eigenvalue weighted by molar-refractivity contribution is -0.118. The molecule has 0 bridgehead atoms. The third-order valence-electron chi connectivity index (χ3n) is 5.65. The first-order valence-corrected chi connectivity index (χ1v) is 10.6. The average molecular weight is 391 g/mol. The first kappa shape index (κ1) is 17.4. The molecule has 5 nitrogen and oxygen atoms in total. The van der Waals surface area contributed by atoms with Gasteiger partial charge in [-0.1, -0.05) is 6.07 Å². The molecule has 0 spiro atoms. The molecule has 1 saturated heterocycles. The summed E-state index contributed by atoms with van der Waals surface area (Å²) >= 11 is 1.64. The van der Waals surface area contributed by atoms with Crippen LogP contribution in [0.4, 0.5) is 11.5 Å². The largest absolute Gasteiger partial charge is 0.357 e. The Kier molecular flexibility index (Phi) is 4.36. The number of rotatable bonds is 3. The highest BCUT2D eigenvalue weighted by Crippen LogP contribution is 2.34. The number of hydrogen-bond acceptors (Lipinski definition) is 5. The second-order valence-corrected chi connectivity index (χ2v) is 8.29. The molecule has 1 aromatic carbocycles. The van der Waals surface area contributed by atoms with Gasteiger partial charge in [-0.2, -0.15) is 0 Å². The summed E-state index contributed by atoms with van der Waals surface area (Å²) < 4.78 is 0. The SMILES string of the molecule is CN1C(=O)CCc2cc(-c3csc(-c4ccc(N5CCCC5)nc4)n3)ccc21. The Morgan fingerprint density at radius 1 is 1.04 bits per heavy atom. The zero-order valence-electron chi connectivity index (χ0n) is 15.9. The van der Waals surface area contributed by atoms with Crippen molar-refractivity contribution in [2.24, 2.45) is 0 Å². The Hall–Kier alpha value is -2.73. The standard InChI is InChI=1S/C22H22N4OS/c1-25-19-7-4-15(12-16(19)6-9-21(25)27)18-14-28-22(24-18)17-5-8-20(23-13-17)26-10-2-3-11-26/h4-5,7-8,12-14H,2-3,6,9-11H2,1H3. The molecular weight excluding hydrogens is 368 g/mol. The van der Waals surface area contributed by atoms with Gasteiger partial charge in [-0.25, -0.2) is 9.97 Å². The Balaban J connectivity index is 1.40. The molecule has 0 radical (unpaired) electrons. The van der Waals surface area contributed by atoms with Crippen molar-refractivity contribution in [2.45, 2.75) is 25.7 Å². The third kappa shape index (κ3) is 3.07. The van der Waals surface area contributed by atoms with Gasteiger partial charge in [0.25, 0.3) is 0 Å². The van der Waals surface area contributed by atoms with Gasteiger partial charge < -0.3 is 9.80 Å². The second kappa shape index (κ2) is 7.02. The minimum absolute atomic E-state index is 0.182. The highest BCUT2D eigenvalue weighted by molar-refractivity contribution is 7.13. The van der Waals surface area contributed by atoms with E-state index in [1.54, 1.807) is 16.2 Å². The lowest BCUT2D eigenvalue weighted by Gasteiger charge is -2.26. The van der Waals surface area contributed by atoms with Crippen LogP contribution in [0.3, 0.4) is 0 Å². The Bertz CT molecular complexity index is 1020. The fourth-order valence-corrected chi connectivity index (χ4v) is 4.82. The zero-order chi connectivity index (χ0) is 19.1. The first-order valence-electron chi connectivity index (χ1n) is 9.76. The van der Waals surface area contributed by atoms with Crippen LogP contribution in [0.1, 0.15) is 24.8 Å². The van der Waals surface area contributed by atoms with Gasteiger partial charge in [0.15, 0.2) is 0 Å². The number of amides is 1. The maximum atomic E-state index is 11.9. The van der Waals surface area contributed by atoms with E-state index >= 15 is 0 Å². The molecule has 2 aliphatic heterocycles. The van der Waals surface area contributed by atoms with E-state index in [-0.39, 0.29) is 5.91 Å². The first-order chi connectivity index (χ1) is 13.7. The molecule has 0 atom stereocenters. The van der Waals surface area contributed by atoms with Gasteiger partial charge in [0.1, 0.15) is 10.8 Å². The molecule has 0 unspecified atom stereocenters. The highest BCUT2D eigenvalue weighted by Gasteiger charge is 2.21. The van der Waals surface area contributed by atoms with Crippen LogP contribution in [0.5, 0.6) is 0 Å². The molecule has 2 aromatic heterocycles. The van der Waals surface area contributed by atoms with E-state index in [9.17, 15) is 4.79 Å². The van der Waals surface area contributed by atoms with Crippen LogP contribution in [0.2, 0.25) is 0 Å². The second-order valence-electron chi connectivity index (χ2n) is 7.43. The van der Waals surface area contributed by atoms with Gasteiger partial charge in [-0.3, -0.25) is 4.79 Å². The number of anilines is 2. The number of aromatic nitrogens is 2. The number of carbonyl (C=O) groups is 1. The van der Waals surface area contributed by atoms with Crippen molar-refractivity contribution >= 4 is 28.7 Å². The quantitative estimate of drug-likeness (QED) is 0.666. The summed E-state index contributed by atoms with van der Waals surface area (Å²) in [5.74, 6) is 1.24. The third-order valence-corrected chi connectivity index (χ3v) is 6.54. The predicted molar refractivity (Wildman–Crippen MR) is 114 cm³/mol. The molecule has 1 fully saturated rings.